The van der Waals surface area contributed by atoms with E-state index in [4.69, 9.17) is 0 Å². The molecule has 2 aliphatic rings. The number of fused-ring (bicyclic) bond motifs is 2. The van der Waals surface area contributed by atoms with Crippen LogP contribution in [0.5, 0.6) is 0 Å². The van der Waals surface area contributed by atoms with Gasteiger partial charge in [-0.3, -0.25) is 4.79 Å². The molecule has 0 radical (unpaired) electrons. The van der Waals surface area contributed by atoms with E-state index in [9.17, 15) is 9.18 Å². The standard InChI is InChI=1S/C19H18F2N2O/c1-18-10-13-11-22-23(16-6-4-15(20)5-7-16)17(13)9-14(18)3-2-8-19(18,21)12-24/h4-7,9,11-12H,2-3,8,10H2,1H3/t18-,19-/m0/s1. The number of halogens is 2. The molecule has 1 fully saturated rings. The number of aromatic nitrogens is 2. The summed E-state index contributed by atoms with van der Waals surface area (Å²) in [5.41, 5.74) is 0.889. The second-order valence-corrected chi connectivity index (χ2v) is 6.96. The fourth-order valence-electron chi connectivity index (χ4n) is 4.05. The Kier molecular flexibility index (Phi) is 3.24. The van der Waals surface area contributed by atoms with Gasteiger partial charge in [0.1, 0.15) is 5.82 Å². The predicted molar refractivity (Wildman–Crippen MR) is 87.1 cm³/mol. The van der Waals surface area contributed by atoms with Gasteiger partial charge in [-0.05, 0) is 61.6 Å². The lowest BCUT2D eigenvalue weighted by Crippen LogP contribution is -2.50. The third-order valence-electron chi connectivity index (χ3n) is 5.61. The van der Waals surface area contributed by atoms with E-state index in [1.165, 1.54) is 12.1 Å². The van der Waals surface area contributed by atoms with Gasteiger partial charge in [-0.25, -0.2) is 13.5 Å². The van der Waals surface area contributed by atoms with Crippen LogP contribution < -0.4 is 0 Å². The van der Waals surface area contributed by atoms with Crippen molar-refractivity contribution in [2.24, 2.45) is 5.41 Å². The van der Waals surface area contributed by atoms with Crippen LogP contribution in [-0.2, 0) is 11.2 Å². The Labute approximate surface area is 139 Å². The molecule has 0 aliphatic heterocycles. The van der Waals surface area contributed by atoms with Crippen molar-refractivity contribution >= 4 is 12.4 Å². The van der Waals surface area contributed by atoms with Crippen LogP contribution in [0, 0.1) is 11.2 Å². The normalized spacial score (nSPS) is 28.7. The SMILES string of the molecule is C[C@]12Cc3cnn(-c4ccc(F)cc4)c3C=C1CCC[C@]2(F)C=O. The molecule has 1 saturated carbocycles. The van der Waals surface area contributed by atoms with Crippen molar-refractivity contribution in [3.63, 3.8) is 0 Å². The van der Waals surface area contributed by atoms with Gasteiger partial charge in [0, 0.05) is 5.41 Å². The lowest BCUT2D eigenvalue weighted by molar-refractivity contribution is -0.126. The van der Waals surface area contributed by atoms with Gasteiger partial charge in [-0.1, -0.05) is 12.5 Å². The average molecular weight is 328 g/mol. The topological polar surface area (TPSA) is 34.9 Å². The van der Waals surface area contributed by atoms with Crippen LogP contribution in [0.1, 0.15) is 37.4 Å². The maximum absolute atomic E-state index is 15.2. The van der Waals surface area contributed by atoms with Crippen molar-refractivity contribution in [1.82, 2.24) is 9.78 Å². The smallest absolute Gasteiger partial charge is 0.175 e. The van der Waals surface area contributed by atoms with Crippen LogP contribution >= 0.6 is 0 Å². The number of hydrogen-bond donors (Lipinski definition) is 0. The first-order chi connectivity index (χ1) is 11.5. The summed E-state index contributed by atoms with van der Waals surface area (Å²) in [5, 5.41) is 4.40. The van der Waals surface area contributed by atoms with Gasteiger partial charge >= 0.3 is 0 Å². The number of aldehydes is 1. The zero-order valence-corrected chi connectivity index (χ0v) is 13.4. The van der Waals surface area contributed by atoms with E-state index in [1.54, 1.807) is 23.0 Å². The minimum absolute atomic E-state index is 0.270. The van der Waals surface area contributed by atoms with Gasteiger partial charge in [-0.2, -0.15) is 5.10 Å². The number of rotatable bonds is 2. The number of nitrogens with zero attached hydrogens (tertiary/aromatic N) is 2. The highest BCUT2D eigenvalue weighted by Crippen LogP contribution is 2.54. The van der Waals surface area contributed by atoms with Crippen LogP contribution in [0.25, 0.3) is 11.8 Å². The molecule has 0 saturated heterocycles. The molecule has 0 amide bonds. The molecule has 1 aromatic heterocycles. The number of alkyl halides is 1. The first kappa shape index (κ1) is 15.2. The van der Waals surface area contributed by atoms with Crippen LogP contribution in [0.2, 0.25) is 0 Å². The highest BCUT2D eigenvalue weighted by atomic mass is 19.1. The van der Waals surface area contributed by atoms with Crippen molar-refractivity contribution in [2.75, 3.05) is 0 Å². The van der Waals surface area contributed by atoms with Crippen molar-refractivity contribution in [3.8, 4) is 5.69 Å². The predicted octanol–water partition coefficient (Wildman–Crippen LogP) is 4.05. The number of hydrogen-bond acceptors (Lipinski definition) is 2. The number of carbonyl (C=O) groups is 1. The fourth-order valence-corrected chi connectivity index (χ4v) is 4.05. The molecule has 2 atom stereocenters. The van der Waals surface area contributed by atoms with Crippen LogP contribution in [0.15, 0.2) is 36.0 Å². The Morgan fingerprint density at radius 3 is 2.75 bits per heavy atom. The number of carbonyl (C=O) groups excluding carboxylic acids is 1. The van der Waals surface area contributed by atoms with Gasteiger partial charge in [0.25, 0.3) is 0 Å². The van der Waals surface area contributed by atoms with Crippen molar-refractivity contribution in [1.29, 1.82) is 0 Å². The molecule has 0 spiro atoms. The lowest BCUT2D eigenvalue weighted by Gasteiger charge is -2.47. The molecule has 24 heavy (non-hydrogen) atoms. The van der Waals surface area contributed by atoms with Crippen molar-refractivity contribution in [2.45, 2.75) is 38.3 Å². The largest absolute Gasteiger partial charge is 0.300 e. The minimum atomic E-state index is -1.83. The highest BCUT2D eigenvalue weighted by molar-refractivity contribution is 5.71. The Morgan fingerprint density at radius 2 is 2.04 bits per heavy atom. The second-order valence-electron chi connectivity index (χ2n) is 6.96. The van der Waals surface area contributed by atoms with E-state index in [0.717, 1.165) is 28.9 Å². The lowest BCUT2D eigenvalue weighted by atomic mass is 9.58. The average Bonchev–Trinajstić information content (AvgIpc) is 2.97. The molecule has 2 aliphatic carbocycles. The van der Waals surface area contributed by atoms with E-state index in [-0.39, 0.29) is 12.2 Å². The monoisotopic (exact) mass is 328 g/mol. The quantitative estimate of drug-likeness (QED) is 0.780. The minimum Gasteiger partial charge on any atom is -0.300 e. The summed E-state index contributed by atoms with van der Waals surface area (Å²) in [6.07, 6.45) is 6.33. The number of allylic oxidation sites excluding steroid dienone is 1. The summed E-state index contributed by atoms with van der Waals surface area (Å²) in [6.45, 7) is 1.84. The van der Waals surface area contributed by atoms with E-state index >= 15 is 4.39 Å². The van der Waals surface area contributed by atoms with Crippen LogP contribution in [-0.4, -0.2) is 21.7 Å². The zero-order valence-electron chi connectivity index (χ0n) is 13.4. The first-order valence-electron chi connectivity index (χ1n) is 8.16. The molecule has 2 aromatic rings. The molecule has 4 rings (SSSR count). The molecule has 0 unspecified atom stereocenters. The molecule has 5 heteroatoms. The summed E-state index contributed by atoms with van der Waals surface area (Å²) in [6, 6.07) is 6.12. The van der Waals surface area contributed by atoms with Crippen LogP contribution in [0.3, 0.4) is 0 Å². The highest BCUT2D eigenvalue weighted by Gasteiger charge is 2.54. The Morgan fingerprint density at radius 1 is 1.29 bits per heavy atom. The number of benzene rings is 1. The van der Waals surface area contributed by atoms with Gasteiger partial charge < -0.3 is 0 Å². The van der Waals surface area contributed by atoms with E-state index in [0.29, 0.717) is 19.1 Å². The van der Waals surface area contributed by atoms with Crippen molar-refractivity contribution < 1.29 is 13.6 Å². The molecule has 1 heterocycles. The van der Waals surface area contributed by atoms with Gasteiger partial charge in [0.2, 0.25) is 0 Å². The zero-order chi connectivity index (χ0) is 16.9. The summed E-state index contributed by atoms with van der Waals surface area (Å²) < 4.78 is 30.1. The summed E-state index contributed by atoms with van der Waals surface area (Å²) in [5.74, 6) is -0.300. The Balaban J connectivity index is 1.82. The molecule has 1 aromatic carbocycles. The van der Waals surface area contributed by atoms with E-state index < -0.39 is 11.1 Å². The van der Waals surface area contributed by atoms with E-state index in [1.807, 2.05) is 13.0 Å². The molecular formula is C19H18F2N2O. The van der Waals surface area contributed by atoms with Gasteiger partial charge in [0.05, 0.1) is 17.6 Å². The second kappa shape index (κ2) is 5.10. The maximum atomic E-state index is 15.2. The fraction of sp³-hybridized carbons (Fsp3) is 0.368. The summed E-state index contributed by atoms with van der Waals surface area (Å²) >= 11 is 0. The molecule has 0 N–H and O–H groups in total. The van der Waals surface area contributed by atoms with Crippen molar-refractivity contribution in [3.05, 3.63) is 53.1 Å². The molecule has 0 bridgehead atoms. The third kappa shape index (κ3) is 2.00. The Hall–Kier alpha value is -2.30. The first-order valence-corrected chi connectivity index (χ1v) is 8.16. The van der Waals surface area contributed by atoms with Gasteiger partial charge in [-0.15, -0.1) is 0 Å². The molecule has 3 nitrogen and oxygen atoms in total. The van der Waals surface area contributed by atoms with Gasteiger partial charge in [0.15, 0.2) is 12.0 Å². The third-order valence-corrected chi connectivity index (χ3v) is 5.61. The molecular weight excluding hydrogens is 310 g/mol. The Bertz CT molecular complexity index is 840. The van der Waals surface area contributed by atoms with E-state index in [2.05, 4.69) is 5.10 Å². The maximum Gasteiger partial charge on any atom is 0.175 e. The molecule has 124 valence electrons. The summed E-state index contributed by atoms with van der Waals surface area (Å²) in [7, 11) is 0. The summed E-state index contributed by atoms with van der Waals surface area (Å²) in [4.78, 5) is 11.5. The van der Waals surface area contributed by atoms with Crippen LogP contribution in [0.4, 0.5) is 8.78 Å².